The Balaban J connectivity index is 1.37. The lowest BCUT2D eigenvalue weighted by molar-refractivity contribution is -0.126. The van der Waals surface area contributed by atoms with E-state index >= 15 is 0 Å². The van der Waals surface area contributed by atoms with Gasteiger partial charge in [-0.25, -0.2) is 12.7 Å². The number of halogens is 1. The molecule has 31 heavy (non-hydrogen) atoms. The lowest BCUT2D eigenvalue weighted by Gasteiger charge is -2.35. The number of sulfonamides is 1. The predicted octanol–water partition coefficient (Wildman–Crippen LogP) is 3.48. The summed E-state index contributed by atoms with van der Waals surface area (Å²) >= 11 is 3.39. The predicted molar refractivity (Wildman–Crippen MR) is 128 cm³/mol. The SMILES string of the molecule is C[C@H]1C[C@H](C)CN(CCCNC(=O)C2CCN(S(=O)(=O)Cc3cccc(Br)c3)CC2)C1. The third-order valence-electron chi connectivity index (χ3n) is 6.35. The van der Waals surface area contributed by atoms with E-state index in [-0.39, 0.29) is 17.6 Å². The van der Waals surface area contributed by atoms with Crippen molar-refractivity contribution < 1.29 is 13.2 Å². The molecule has 0 unspecified atom stereocenters. The number of carbonyl (C=O) groups excluding carboxylic acids is 1. The van der Waals surface area contributed by atoms with Gasteiger partial charge in [0, 0.05) is 43.1 Å². The first-order valence-electron chi connectivity index (χ1n) is 11.5. The number of hydrogen-bond donors (Lipinski definition) is 1. The molecule has 1 aromatic carbocycles. The van der Waals surface area contributed by atoms with E-state index in [9.17, 15) is 13.2 Å². The summed E-state index contributed by atoms with van der Waals surface area (Å²) in [6.07, 6.45) is 3.45. The van der Waals surface area contributed by atoms with Gasteiger partial charge in [-0.05, 0) is 61.8 Å². The topological polar surface area (TPSA) is 69.7 Å². The zero-order valence-corrected chi connectivity index (χ0v) is 21.1. The summed E-state index contributed by atoms with van der Waals surface area (Å²) in [4.78, 5) is 15.1. The van der Waals surface area contributed by atoms with Crippen molar-refractivity contribution in [2.24, 2.45) is 17.8 Å². The molecular formula is C23H36BrN3O3S. The van der Waals surface area contributed by atoms with Gasteiger partial charge in [0.25, 0.3) is 0 Å². The van der Waals surface area contributed by atoms with Gasteiger partial charge in [0.15, 0.2) is 0 Å². The van der Waals surface area contributed by atoms with Crippen molar-refractivity contribution in [1.29, 1.82) is 0 Å². The van der Waals surface area contributed by atoms with E-state index in [1.807, 2.05) is 24.3 Å². The highest BCUT2D eigenvalue weighted by molar-refractivity contribution is 9.10. The Labute approximate surface area is 195 Å². The van der Waals surface area contributed by atoms with Crippen molar-refractivity contribution in [2.75, 3.05) is 39.3 Å². The minimum absolute atomic E-state index is 0.00294. The molecule has 1 amide bonds. The van der Waals surface area contributed by atoms with Crippen LogP contribution in [-0.4, -0.2) is 62.8 Å². The molecule has 0 bridgehead atoms. The molecule has 2 atom stereocenters. The number of hydrogen-bond acceptors (Lipinski definition) is 4. The maximum atomic E-state index is 12.8. The molecule has 2 fully saturated rings. The number of benzene rings is 1. The van der Waals surface area contributed by atoms with Gasteiger partial charge >= 0.3 is 0 Å². The second-order valence-electron chi connectivity index (χ2n) is 9.41. The number of likely N-dealkylation sites (tertiary alicyclic amines) is 1. The van der Waals surface area contributed by atoms with Gasteiger partial charge in [0.05, 0.1) is 5.75 Å². The summed E-state index contributed by atoms with van der Waals surface area (Å²) in [5, 5.41) is 3.08. The number of carbonyl (C=O) groups is 1. The molecule has 2 aliphatic rings. The number of piperidine rings is 2. The van der Waals surface area contributed by atoms with E-state index in [2.05, 4.69) is 40.0 Å². The summed E-state index contributed by atoms with van der Waals surface area (Å²) in [5.41, 5.74) is 0.770. The van der Waals surface area contributed by atoms with Crippen LogP contribution in [-0.2, 0) is 20.6 Å². The van der Waals surface area contributed by atoms with Crippen molar-refractivity contribution in [1.82, 2.24) is 14.5 Å². The zero-order valence-electron chi connectivity index (χ0n) is 18.7. The smallest absolute Gasteiger partial charge is 0.223 e. The molecule has 174 valence electrons. The van der Waals surface area contributed by atoms with E-state index < -0.39 is 10.0 Å². The molecule has 0 aromatic heterocycles. The maximum absolute atomic E-state index is 12.8. The van der Waals surface area contributed by atoms with Crippen molar-refractivity contribution in [3.05, 3.63) is 34.3 Å². The highest BCUT2D eigenvalue weighted by Crippen LogP contribution is 2.23. The minimum Gasteiger partial charge on any atom is -0.356 e. The first-order chi connectivity index (χ1) is 14.7. The van der Waals surface area contributed by atoms with Crippen LogP contribution in [0.15, 0.2) is 28.7 Å². The van der Waals surface area contributed by atoms with Crippen LogP contribution < -0.4 is 5.32 Å². The molecule has 6 nitrogen and oxygen atoms in total. The second-order valence-corrected chi connectivity index (χ2v) is 12.3. The molecular weight excluding hydrogens is 478 g/mol. The maximum Gasteiger partial charge on any atom is 0.223 e. The van der Waals surface area contributed by atoms with Crippen LogP contribution in [0.1, 0.15) is 45.1 Å². The average Bonchev–Trinajstić information content (AvgIpc) is 2.70. The molecule has 1 aromatic rings. The molecule has 2 saturated heterocycles. The monoisotopic (exact) mass is 513 g/mol. The van der Waals surface area contributed by atoms with Crippen molar-refractivity contribution in [3.63, 3.8) is 0 Å². The standard InChI is InChI=1S/C23H36BrN3O3S/c1-18-13-19(2)16-26(15-18)10-4-9-25-23(28)21-7-11-27(12-8-21)31(29,30)17-20-5-3-6-22(24)14-20/h3,5-6,14,18-19,21H,4,7-13,15-17H2,1-2H3,(H,25,28)/t18-,19-/m0/s1. The Morgan fingerprint density at radius 1 is 1.16 bits per heavy atom. The van der Waals surface area contributed by atoms with Crippen LogP contribution in [0.2, 0.25) is 0 Å². The molecule has 0 aliphatic carbocycles. The van der Waals surface area contributed by atoms with Crippen LogP contribution >= 0.6 is 15.9 Å². The van der Waals surface area contributed by atoms with E-state index in [1.165, 1.54) is 10.7 Å². The average molecular weight is 515 g/mol. The Hall–Kier alpha value is -0.960. The van der Waals surface area contributed by atoms with E-state index in [1.54, 1.807) is 0 Å². The van der Waals surface area contributed by atoms with Crippen molar-refractivity contribution in [2.45, 2.75) is 45.3 Å². The van der Waals surface area contributed by atoms with E-state index in [4.69, 9.17) is 0 Å². The van der Waals surface area contributed by atoms with Gasteiger partial charge in [-0.2, -0.15) is 0 Å². The molecule has 0 saturated carbocycles. The molecule has 1 N–H and O–H groups in total. The molecule has 2 aliphatic heterocycles. The van der Waals surface area contributed by atoms with Crippen LogP contribution in [0.4, 0.5) is 0 Å². The third kappa shape index (κ3) is 7.55. The van der Waals surface area contributed by atoms with Gasteiger partial charge in [-0.3, -0.25) is 4.79 Å². The molecule has 8 heteroatoms. The molecule has 0 radical (unpaired) electrons. The summed E-state index contributed by atoms with van der Waals surface area (Å²) in [6, 6.07) is 7.39. The third-order valence-corrected chi connectivity index (χ3v) is 8.69. The first-order valence-corrected chi connectivity index (χ1v) is 13.9. The number of nitrogens with one attached hydrogen (secondary N) is 1. The minimum atomic E-state index is -3.37. The van der Waals surface area contributed by atoms with E-state index in [0.29, 0.717) is 32.5 Å². The van der Waals surface area contributed by atoms with Crippen LogP contribution in [0.25, 0.3) is 0 Å². The Kier molecular flexibility index (Phi) is 8.96. The number of rotatable bonds is 8. The van der Waals surface area contributed by atoms with Gasteiger partial charge in [0.1, 0.15) is 0 Å². The fraction of sp³-hybridized carbons (Fsp3) is 0.696. The van der Waals surface area contributed by atoms with Crippen molar-refractivity contribution >= 4 is 31.9 Å². The molecule has 0 spiro atoms. The van der Waals surface area contributed by atoms with Gasteiger partial charge < -0.3 is 10.2 Å². The molecule has 3 rings (SSSR count). The summed E-state index contributed by atoms with van der Waals surface area (Å²) < 4.78 is 27.9. The van der Waals surface area contributed by atoms with Gasteiger partial charge in [0.2, 0.25) is 15.9 Å². The van der Waals surface area contributed by atoms with Gasteiger partial charge in [-0.1, -0.05) is 41.9 Å². The number of nitrogens with zero attached hydrogens (tertiary/aromatic N) is 2. The number of amides is 1. The van der Waals surface area contributed by atoms with Crippen LogP contribution in [0.5, 0.6) is 0 Å². The quantitative estimate of drug-likeness (QED) is 0.540. The lowest BCUT2D eigenvalue weighted by atomic mass is 9.92. The highest BCUT2D eigenvalue weighted by Gasteiger charge is 2.31. The fourth-order valence-corrected chi connectivity index (χ4v) is 6.96. The fourth-order valence-electron chi connectivity index (χ4n) is 4.96. The largest absolute Gasteiger partial charge is 0.356 e. The Morgan fingerprint density at radius 3 is 2.48 bits per heavy atom. The zero-order chi connectivity index (χ0) is 22.4. The summed E-state index contributed by atoms with van der Waals surface area (Å²) in [5.74, 6) is 1.49. The summed E-state index contributed by atoms with van der Waals surface area (Å²) in [7, 11) is -3.37. The lowest BCUT2D eigenvalue weighted by Crippen LogP contribution is -2.44. The first kappa shape index (κ1) is 24.7. The van der Waals surface area contributed by atoms with Crippen LogP contribution in [0.3, 0.4) is 0 Å². The Bertz CT molecular complexity index is 830. The van der Waals surface area contributed by atoms with Crippen LogP contribution in [0, 0.1) is 17.8 Å². The van der Waals surface area contributed by atoms with Crippen molar-refractivity contribution in [3.8, 4) is 0 Å². The summed E-state index contributed by atoms with van der Waals surface area (Å²) in [6.45, 7) is 9.50. The van der Waals surface area contributed by atoms with Gasteiger partial charge in [-0.15, -0.1) is 0 Å². The molecule has 2 heterocycles. The normalized spacial score (nSPS) is 24.2. The highest BCUT2D eigenvalue weighted by atomic mass is 79.9. The second kappa shape index (κ2) is 11.3. The van der Waals surface area contributed by atoms with E-state index in [0.717, 1.165) is 47.9 Å². The Morgan fingerprint density at radius 2 is 1.84 bits per heavy atom.